The Labute approximate surface area is 162 Å². The number of hydrogen-bond donors (Lipinski definition) is 1. The number of aryl methyl sites for hydroxylation is 1. The lowest BCUT2D eigenvalue weighted by Crippen LogP contribution is -2.32. The summed E-state index contributed by atoms with van der Waals surface area (Å²) in [5, 5.41) is 7.90. The molecule has 1 saturated heterocycles. The van der Waals surface area contributed by atoms with E-state index >= 15 is 0 Å². The lowest BCUT2D eigenvalue weighted by atomic mass is 10.1. The van der Waals surface area contributed by atoms with Crippen LogP contribution in [0.4, 0.5) is 0 Å². The SMILES string of the molecule is CN(CCCCc1ccccc1)C(=O)c1ccn(C2CCCNC2)n1.Cl. The maximum Gasteiger partial charge on any atom is 0.274 e. The molecule has 0 bridgehead atoms. The number of nitrogens with one attached hydrogen (secondary N) is 1. The molecule has 6 heteroatoms. The summed E-state index contributed by atoms with van der Waals surface area (Å²) < 4.78 is 1.95. The highest BCUT2D eigenvalue weighted by Gasteiger charge is 2.19. The summed E-state index contributed by atoms with van der Waals surface area (Å²) in [6.07, 6.45) is 7.38. The molecule has 1 aliphatic rings. The Bertz CT molecular complexity index is 667. The van der Waals surface area contributed by atoms with Crippen molar-refractivity contribution in [2.45, 2.75) is 38.1 Å². The van der Waals surface area contributed by atoms with Crippen LogP contribution in [0.15, 0.2) is 42.6 Å². The first-order valence-corrected chi connectivity index (χ1v) is 9.29. The zero-order valence-corrected chi connectivity index (χ0v) is 16.3. The molecular formula is C20H29ClN4O. The van der Waals surface area contributed by atoms with Gasteiger partial charge in [-0.2, -0.15) is 5.10 Å². The van der Waals surface area contributed by atoms with E-state index in [1.165, 1.54) is 5.56 Å². The van der Waals surface area contributed by atoms with Gasteiger partial charge in [-0.25, -0.2) is 0 Å². The number of carbonyl (C=O) groups excluding carboxylic acids is 1. The van der Waals surface area contributed by atoms with Crippen LogP contribution in [0.2, 0.25) is 0 Å². The number of amides is 1. The van der Waals surface area contributed by atoms with Crippen LogP contribution in [0.5, 0.6) is 0 Å². The van der Waals surface area contributed by atoms with Crippen molar-refractivity contribution in [2.24, 2.45) is 0 Å². The van der Waals surface area contributed by atoms with Gasteiger partial charge in [0.15, 0.2) is 0 Å². The van der Waals surface area contributed by atoms with Crippen molar-refractivity contribution in [3.8, 4) is 0 Å². The molecule has 1 amide bonds. The van der Waals surface area contributed by atoms with Crippen molar-refractivity contribution in [3.05, 3.63) is 53.9 Å². The predicted octanol–water partition coefficient (Wildman–Crippen LogP) is 3.32. The lowest BCUT2D eigenvalue weighted by Gasteiger charge is -2.23. The molecule has 1 aromatic heterocycles. The van der Waals surface area contributed by atoms with Gasteiger partial charge >= 0.3 is 0 Å². The number of nitrogens with zero attached hydrogens (tertiary/aromatic N) is 3. The molecule has 26 heavy (non-hydrogen) atoms. The maximum absolute atomic E-state index is 12.5. The molecule has 0 saturated carbocycles. The topological polar surface area (TPSA) is 50.2 Å². The van der Waals surface area contributed by atoms with Crippen LogP contribution in [-0.4, -0.2) is 47.3 Å². The molecule has 1 N–H and O–H groups in total. The van der Waals surface area contributed by atoms with Crippen molar-refractivity contribution in [1.29, 1.82) is 0 Å². The molecule has 1 aliphatic heterocycles. The van der Waals surface area contributed by atoms with E-state index in [0.717, 1.165) is 51.7 Å². The second kappa shape index (κ2) is 10.3. The quantitative estimate of drug-likeness (QED) is 0.754. The van der Waals surface area contributed by atoms with E-state index in [0.29, 0.717) is 11.7 Å². The number of carbonyl (C=O) groups is 1. The zero-order valence-electron chi connectivity index (χ0n) is 15.4. The smallest absolute Gasteiger partial charge is 0.274 e. The van der Waals surface area contributed by atoms with Crippen LogP contribution in [0.3, 0.4) is 0 Å². The monoisotopic (exact) mass is 376 g/mol. The van der Waals surface area contributed by atoms with Crippen LogP contribution in [0, 0.1) is 0 Å². The summed E-state index contributed by atoms with van der Waals surface area (Å²) in [4.78, 5) is 14.3. The minimum absolute atomic E-state index is 0. The fraction of sp³-hybridized carbons (Fsp3) is 0.500. The van der Waals surface area contributed by atoms with Gasteiger partial charge in [0.25, 0.3) is 5.91 Å². The Kier molecular flexibility index (Phi) is 8.13. The summed E-state index contributed by atoms with van der Waals surface area (Å²) in [5.74, 6) is 0.0160. The summed E-state index contributed by atoms with van der Waals surface area (Å²) >= 11 is 0. The second-order valence-electron chi connectivity index (χ2n) is 6.85. The third kappa shape index (κ3) is 5.58. The van der Waals surface area contributed by atoms with Gasteiger partial charge in [-0.05, 0) is 50.3 Å². The molecule has 0 radical (unpaired) electrons. The van der Waals surface area contributed by atoms with Gasteiger partial charge in [-0.3, -0.25) is 9.48 Å². The first-order chi connectivity index (χ1) is 12.2. The molecule has 2 heterocycles. The average Bonchev–Trinajstić information content (AvgIpc) is 3.16. The number of halogens is 1. The Morgan fingerprint density at radius 3 is 2.81 bits per heavy atom. The number of benzene rings is 1. The molecule has 1 fully saturated rings. The number of piperidine rings is 1. The van der Waals surface area contributed by atoms with Gasteiger partial charge in [-0.1, -0.05) is 30.3 Å². The summed E-state index contributed by atoms with van der Waals surface area (Å²) in [5.41, 5.74) is 1.91. The molecule has 5 nitrogen and oxygen atoms in total. The van der Waals surface area contributed by atoms with E-state index in [1.807, 2.05) is 30.1 Å². The Morgan fingerprint density at radius 1 is 1.27 bits per heavy atom. The summed E-state index contributed by atoms with van der Waals surface area (Å²) in [6.45, 7) is 2.78. The molecule has 3 rings (SSSR count). The Balaban J connectivity index is 0.00000243. The van der Waals surface area contributed by atoms with Crippen LogP contribution in [-0.2, 0) is 6.42 Å². The van der Waals surface area contributed by atoms with Gasteiger partial charge < -0.3 is 10.2 Å². The van der Waals surface area contributed by atoms with Crippen LogP contribution < -0.4 is 5.32 Å². The second-order valence-corrected chi connectivity index (χ2v) is 6.85. The van der Waals surface area contributed by atoms with E-state index in [1.54, 1.807) is 4.90 Å². The van der Waals surface area contributed by atoms with E-state index in [4.69, 9.17) is 0 Å². The van der Waals surface area contributed by atoms with Crippen molar-refractivity contribution >= 4 is 18.3 Å². The van der Waals surface area contributed by atoms with E-state index in [2.05, 4.69) is 34.7 Å². The third-order valence-electron chi connectivity index (χ3n) is 4.87. The minimum atomic E-state index is 0. The van der Waals surface area contributed by atoms with Gasteiger partial charge in [0, 0.05) is 26.3 Å². The molecular weight excluding hydrogens is 348 g/mol. The molecule has 0 spiro atoms. The lowest BCUT2D eigenvalue weighted by molar-refractivity contribution is 0.0785. The Hall–Kier alpha value is -1.85. The van der Waals surface area contributed by atoms with Crippen LogP contribution >= 0.6 is 12.4 Å². The molecule has 0 aliphatic carbocycles. The highest BCUT2D eigenvalue weighted by Crippen LogP contribution is 2.16. The van der Waals surface area contributed by atoms with E-state index in [-0.39, 0.29) is 18.3 Å². The number of hydrogen-bond acceptors (Lipinski definition) is 3. The van der Waals surface area contributed by atoms with Gasteiger partial charge in [0.05, 0.1) is 6.04 Å². The minimum Gasteiger partial charge on any atom is -0.340 e. The predicted molar refractivity (Wildman–Crippen MR) is 107 cm³/mol. The van der Waals surface area contributed by atoms with Crippen molar-refractivity contribution in [1.82, 2.24) is 20.0 Å². The zero-order chi connectivity index (χ0) is 17.5. The van der Waals surface area contributed by atoms with E-state index in [9.17, 15) is 4.79 Å². The summed E-state index contributed by atoms with van der Waals surface area (Å²) in [6, 6.07) is 12.7. The average molecular weight is 377 g/mol. The molecule has 2 aromatic rings. The fourth-order valence-electron chi connectivity index (χ4n) is 3.33. The third-order valence-corrected chi connectivity index (χ3v) is 4.87. The number of unbranched alkanes of at least 4 members (excludes halogenated alkanes) is 1. The van der Waals surface area contributed by atoms with Crippen molar-refractivity contribution < 1.29 is 4.79 Å². The van der Waals surface area contributed by atoms with Crippen LogP contribution in [0.25, 0.3) is 0 Å². The molecule has 142 valence electrons. The van der Waals surface area contributed by atoms with Gasteiger partial charge in [-0.15, -0.1) is 12.4 Å². The first-order valence-electron chi connectivity index (χ1n) is 9.29. The van der Waals surface area contributed by atoms with Crippen molar-refractivity contribution in [2.75, 3.05) is 26.7 Å². The number of aromatic nitrogens is 2. The molecule has 1 atom stereocenters. The van der Waals surface area contributed by atoms with Gasteiger partial charge in [0.2, 0.25) is 0 Å². The molecule has 1 unspecified atom stereocenters. The summed E-state index contributed by atoms with van der Waals surface area (Å²) in [7, 11) is 1.87. The van der Waals surface area contributed by atoms with Crippen LogP contribution in [0.1, 0.15) is 47.8 Å². The van der Waals surface area contributed by atoms with E-state index < -0.39 is 0 Å². The van der Waals surface area contributed by atoms with Crippen molar-refractivity contribution in [3.63, 3.8) is 0 Å². The maximum atomic E-state index is 12.5. The standard InChI is InChI=1S/C20H28N4O.ClH/c1-23(14-6-5-10-17-8-3-2-4-9-17)20(25)19-12-15-24(22-19)18-11-7-13-21-16-18;/h2-4,8-9,12,15,18,21H,5-7,10-11,13-14,16H2,1H3;1H. The van der Waals surface area contributed by atoms with Gasteiger partial charge in [0.1, 0.15) is 5.69 Å². The number of rotatable bonds is 7. The highest BCUT2D eigenvalue weighted by molar-refractivity contribution is 5.91. The normalized spacial score (nSPS) is 16.7. The first kappa shape index (κ1) is 20.5. The molecule has 1 aromatic carbocycles. The highest BCUT2D eigenvalue weighted by atomic mass is 35.5. The Morgan fingerprint density at radius 2 is 2.08 bits per heavy atom. The largest absolute Gasteiger partial charge is 0.340 e. The fourth-order valence-corrected chi connectivity index (χ4v) is 3.33.